The van der Waals surface area contributed by atoms with Crippen LogP contribution in [0.1, 0.15) is 34.3 Å². The van der Waals surface area contributed by atoms with E-state index in [0.717, 1.165) is 36.1 Å². The average Bonchev–Trinajstić information content (AvgIpc) is 3.19. The molecule has 3 aromatic rings. The number of aromatic nitrogens is 1. The largest absolute Gasteiger partial charge is 0.348 e. The molecule has 0 saturated carbocycles. The van der Waals surface area contributed by atoms with E-state index in [0.29, 0.717) is 6.54 Å². The number of nitrogens with one attached hydrogen (secondary N) is 2. The third kappa shape index (κ3) is 3.93. The van der Waals surface area contributed by atoms with Crippen LogP contribution >= 0.6 is 0 Å². The van der Waals surface area contributed by atoms with Crippen LogP contribution in [0.4, 0.5) is 0 Å². The second kappa shape index (κ2) is 7.76. The van der Waals surface area contributed by atoms with Crippen molar-refractivity contribution >= 4 is 16.8 Å². The lowest BCUT2D eigenvalue weighted by Gasteiger charge is -2.17. The first-order valence-electron chi connectivity index (χ1n) is 9.40. The minimum atomic E-state index is -0.364. The van der Waals surface area contributed by atoms with Gasteiger partial charge < -0.3 is 10.3 Å². The van der Waals surface area contributed by atoms with Gasteiger partial charge in [0, 0.05) is 18.6 Å². The van der Waals surface area contributed by atoms with Crippen molar-refractivity contribution in [1.82, 2.24) is 15.2 Å². The van der Waals surface area contributed by atoms with E-state index in [9.17, 15) is 9.59 Å². The number of benzene rings is 2. The second-order valence-corrected chi connectivity index (χ2v) is 7.03. The van der Waals surface area contributed by atoms with Crippen LogP contribution in [-0.4, -0.2) is 28.9 Å². The summed E-state index contributed by atoms with van der Waals surface area (Å²) in [4.78, 5) is 30.1. The zero-order valence-corrected chi connectivity index (χ0v) is 15.2. The fourth-order valence-corrected chi connectivity index (χ4v) is 3.65. The van der Waals surface area contributed by atoms with E-state index in [1.165, 1.54) is 18.4 Å². The zero-order valence-electron chi connectivity index (χ0n) is 15.2. The quantitative estimate of drug-likeness (QED) is 0.734. The van der Waals surface area contributed by atoms with E-state index >= 15 is 0 Å². The lowest BCUT2D eigenvalue weighted by molar-refractivity contribution is 0.0949. The smallest absolute Gasteiger partial charge is 0.261 e. The van der Waals surface area contributed by atoms with Crippen LogP contribution < -0.4 is 10.9 Å². The van der Waals surface area contributed by atoms with Gasteiger partial charge in [-0.05, 0) is 54.6 Å². The van der Waals surface area contributed by atoms with E-state index in [-0.39, 0.29) is 17.0 Å². The van der Waals surface area contributed by atoms with Gasteiger partial charge in [0.05, 0.1) is 0 Å². The number of pyridine rings is 1. The van der Waals surface area contributed by atoms with Crippen molar-refractivity contribution in [2.45, 2.75) is 25.9 Å². The number of amides is 1. The van der Waals surface area contributed by atoms with Gasteiger partial charge in [-0.1, -0.05) is 42.5 Å². The van der Waals surface area contributed by atoms with Crippen molar-refractivity contribution in [1.29, 1.82) is 0 Å². The monoisotopic (exact) mass is 361 g/mol. The van der Waals surface area contributed by atoms with Gasteiger partial charge in [0.25, 0.3) is 11.5 Å². The minimum absolute atomic E-state index is 0.144. The highest BCUT2D eigenvalue weighted by atomic mass is 16.2. The lowest BCUT2D eigenvalue weighted by Crippen LogP contribution is -2.29. The van der Waals surface area contributed by atoms with Gasteiger partial charge in [-0.25, -0.2) is 0 Å². The summed E-state index contributed by atoms with van der Waals surface area (Å²) in [6.45, 7) is 3.58. The first kappa shape index (κ1) is 17.5. The molecule has 0 unspecified atom stereocenters. The molecule has 1 aliphatic heterocycles. The van der Waals surface area contributed by atoms with Crippen molar-refractivity contribution < 1.29 is 4.79 Å². The molecule has 27 heavy (non-hydrogen) atoms. The molecule has 4 rings (SSSR count). The Labute approximate surface area is 158 Å². The van der Waals surface area contributed by atoms with Gasteiger partial charge in [-0.3, -0.25) is 14.5 Å². The summed E-state index contributed by atoms with van der Waals surface area (Å²) in [5.74, 6) is -0.349. The van der Waals surface area contributed by atoms with E-state index in [1.54, 1.807) is 6.07 Å². The molecular weight excluding hydrogens is 338 g/mol. The fourth-order valence-electron chi connectivity index (χ4n) is 3.65. The number of hydrogen-bond donors (Lipinski definition) is 2. The predicted molar refractivity (Wildman–Crippen MR) is 107 cm³/mol. The highest BCUT2D eigenvalue weighted by Gasteiger charge is 2.15. The highest BCUT2D eigenvalue weighted by Crippen LogP contribution is 2.16. The molecule has 1 aromatic heterocycles. The van der Waals surface area contributed by atoms with Crippen LogP contribution in [0.3, 0.4) is 0 Å². The first-order chi connectivity index (χ1) is 13.2. The standard InChI is InChI=1S/C22H23N3O2/c26-21(19-13-16-7-3-4-10-20(16)24-22(19)27)23-14-17-8-1-2-9-18(17)15-25-11-5-6-12-25/h1-4,7-10,13H,5-6,11-12,14-15H2,(H,23,26)(H,24,27). The van der Waals surface area contributed by atoms with Crippen LogP contribution in [0.25, 0.3) is 10.9 Å². The van der Waals surface area contributed by atoms with Gasteiger partial charge in [0.1, 0.15) is 5.56 Å². The average molecular weight is 361 g/mol. The van der Waals surface area contributed by atoms with E-state index in [1.807, 2.05) is 42.5 Å². The molecule has 0 bridgehead atoms. The van der Waals surface area contributed by atoms with Gasteiger partial charge in [0.2, 0.25) is 0 Å². The minimum Gasteiger partial charge on any atom is -0.348 e. The molecule has 138 valence electrons. The normalized spacial score (nSPS) is 14.5. The van der Waals surface area contributed by atoms with Crippen LogP contribution in [0, 0.1) is 0 Å². The number of carbonyl (C=O) groups excluding carboxylic acids is 1. The summed E-state index contributed by atoms with van der Waals surface area (Å²) in [7, 11) is 0. The summed E-state index contributed by atoms with van der Waals surface area (Å²) in [6.07, 6.45) is 2.51. The van der Waals surface area contributed by atoms with Crippen LogP contribution in [-0.2, 0) is 13.1 Å². The van der Waals surface area contributed by atoms with Crippen molar-refractivity contribution in [3.05, 3.63) is 81.6 Å². The summed E-state index contributed by atoms with van der Waals surface area (Å²) in [5, 5.41) is 3.75. The number of fused-ring (bicyclic) bond motifs is 1. The predicted octanol–water partition coefficient (Wildman–Crippen LogP) is 3.05. The SMILES string of the molecule is O=C(NCc1ccccc1CN1CCCC1)c1cc2ccccc2[nH]c1=O. The molecule has 5 nitrogen and oxygen atoms in total. The molecule has 1 fully saturated rings. The molecule has 0 atom stereocenters. The van der Waals surface area contributed by atoms with Crippen molar-refractivity contribution in [2.24, 2.45) is 0 Å². The molecule has 2 aromatic carbocycles. The number of hydrogen-bond acceptors (Lipinski definition) is 3. The van der Waals surface area contributed by atoms with Gasteiger partial charge >= 0.3 is 0 Å². The molecule has 1 amide bonds. The Hall–Kier alpha value is -2.92. The van der Waals surface area contributed by atoms with Crippen LogP contribution in [0.2, 0.25) is 0 Å². The molecule has 1 aliphatic rings. The van der Waals surface area contributed by atoms with E-state index in [2.05, 4.69) is 21.3 Å². The Morgan fingerprint density at radius 2 is 1.70 bits per heavy atom. The highest BCUT2D eigenvalue weighted by molar-refractivity contribution is 5.97. The molecular formula is C22H23N3O2. The number of para-hydroxylation sites is 1. The molecule has 0 radical (unpaired) electrons. The maximum absolute atomic E-state index is 12.6. The number of carbonyl (C=O) groups is 1. The molecule has 2 heterocycles. The first-order valence-corrected chi connectivity index (χ1v) is 9.40. The zero-order chi connectivity index (χ0) is 18.6. The Kier molecular flexibility index (Phi) is 5.03. The number of nitrogens with zero attached hydrogens (tertiary/aromatic N) is 1. The molecule has 0 aliphatic carbocycles. The Bertz CT molecular complexity index is 1020. The number of H-pyrrole nitrogens is 1. The molecule has 0 spiro atoms. The molecule has 1 saturated heterocycles. The van der Waals surface area contributed by atoms with Gasteiger partial charge in [0.15, 0.2) is 0 Å². The molecule has 2 N–H and O–H groups in total. The van der Waals surface area contributed by atoms with Crippen LogP contribution in [0.15, 0.2) is 59.4 Å². The third-order valence-corrected chi connectivity index (χ3v) is 5.15. The number of rotatable bonds is 5. The summed E-state index contributed by atoms with van der Waals surface area (Å²) >= 11 is 0. The van der Waals surface area contributed by atoms with Crippen LogP contribution in [0.5, 0.6) is 0 Å². The Morgan fingerprint density at radius 1 is 1.00 bits per heavy atom. The van der Waals surface area contributed by atoms with Crippen molar-refractivity contribution in [3.63, 3.8) is 0 Å². The van der Waals surface area contributed by atoms with Crippen molar-refractivity contribution in [3.8, 4) is 0 Å². The fraction of sp³-hybridized carbons (Fsp3) is 0.273. The topological polar surface area (TPSA) is 65.2 Å². The summed E-state index contributed by atoms with van der Waals surface area (Å²) in [5.41, 5.74) is 2.83. The summed E-state index contributed by atoms with van der Waals surface area (Å²) in [6, 6.07) is 17.3. The molecule has 5 heteroatoms. The third-order valence-electron chi connectivity index (χ3n) is 5.15. The Morgan fingerprint density at radius 3 is 2.52 bits per heavy atom. The summed E-state index contributed by atoms with van der Waals surface area (Å²) < 4.78 is 0. The van der Waals surface area contributed by atoms with Crippen molar-refractivity contribution in [2.75, 3.05) is 13.1 Å². The number of likely N-dealkylation sites (tertiary alicyclic amines) is 1. The number of aromatic amines is 1. The maximum atomic E-state index is 12.6. The Balaban J connectivity index is 1.50. The maximum Gasteiger partial charge on any atom is 0.261 e. The lowest BCUT2D eigenvalue weighted by atomic mass is 10.1. The van der Waals surface area contributed by atoms with E-state index in [4.69, 9.17) is 0 Å². The second-order valence-electron chi connectivity index (χ2n) is 7.03. The van der Waals surface area contributed by atoms with Gasteiger partial charge in [-0.15, -0.1) is 0 Å². The van der Waals surface area contributed by atoms with Gasteiger partial charge in [-0.2, -0.15) is 0 Å². The van der Waals surface area contributed by atoms with E-state index < -0.39 is 0 Å².